The molecule has 20 heavy (non-hydrogen) atoms. The molecule has 2 aromatic rings. The van der Waals surface area contributed by atoms with E-state index < -0.39 is 0 Å². The van der Waals surface area contributed by atoms with Crippen molar-refractivity contribution in [2.75, 3.05) is 19.6 Å². The van der Waals surface area contributed by atoms with Gasteiger partial charge in [0, 0.05) is 14.1 Å². The minimum atomic E-state index is -0.102. The van der Waals surface area contributed by atoms with Gasteiger partial charge in [-0.15, -0.1) is 0 Å². The van der Waals surface area contributed by atoms with Crippen molar-refractivity contribution in [2.45, 2.75) is 13.8 Å². The van der Waals surface area contributed by atoms with Crippen molar-refractivity contribution in [2.24, 2.45) is 19.1 Å². The van der Waals surface area contributed by atoms with E-state index in [1.807, 2.05) is 61.3 Å². The van der Waals surface area contributed by atoms with Crippen LogP contribution in [0.2, 0.25) is 0 Å². The first-order valence-corrected chi connectivity index (χ1v) is 6.98. The van der Waals surface area contributed by atoms with Gasteiger partial charge in [-0.1, -0.05) is 26.0 Å². The number of aromatic nitrogens is 2. The van der Waals surface area contributed by atoms with Gasteiger partial charge in [0.05, 0.1) is 17.6 Å². The molecule has 5 nitrogen and oxygen atoms in total. The Hall–Kier alpha value is -1.88. The zero-order valence-corrected chi connectivity index (χ0v) is 12.6. The van der Waals surface area contributed by atoms with Gasteiger partial charge in [-0.05, 0) is 25.2 Å². The van der Waals surface area contributed by atoms with E-state index in [0.29, 0.717) is 12.2 Å². The van der Waals surface area contributed by atoms with Gasteiger partial charge in [0.15, 0.2) is 0 Å². The molecule has 0 radical (unpaired) electrons. The average molecular weight is 274 g/mol. The zero-order chi connectivity index (χ0) is 14.7. The summed E-state index contributed by atoms with van der Waals surface area (Å²) in [6, 6.07) is 8.04. The van der Waals surface area contributed by atoms with E-state index in [-0.39, 0.29) is 5.91 Å². The van der Waals surface area contributed by atoms with E-state index in [9.17, 15) is 4.79 Å². The molecular formula is C15H22N4O. The topological polar surface area (TPSA) is 42.5 Å². The van der Waals surface area contributed by atoms with Crippen LogP contribution in [0.25, 0.3) is 11.0 Å². The molecule has 0 atom stereocenters. The summed E-state index contributed by atoms with van der Waals surface area (Å²) in [6.07, 6.45) is 0. The quantitative estimate of drug-likeness (QED) is 0.843. The Kier molecular flexibility index (Phi) is 4.39. The van der Waals surface area contributed by atoms with Crippen molar-refractivity contribution in [1.29, 1.82) is 0 Å². The number of nitrogens with zero attached hydrogens (tertiary/aromatic N) is 4. The Balaban J connectivity index is 2.42. The lowest BCUT2D eigenvalue weighted by molar-refractivity contribution is -0.119. The monoisotopic (exact) mass is 274 g/mol. The van der Waals surface area contributed by atoms with Crippen LogP contribution in [-0.4, -0.2) is 39.6 Å². The van der Waals surface area contributed by atoms with E-state index in [1.165, 1.54) is 0 Å². The number of rotatable bonds is 4. The summed E-state index contributed by atoms with van der Waals surface area (Å²) >= 11 is 0. The highest BCUT2D eigenvalue weighted by Crippen LogP contribution is 2.09. The van der Waals surface area contributed by atoms with E-state index in [2.05, 4.69) is 9.89 Å². The molecule has 0 saturated carbocycles. The number of hydrogen-bond acceptors (Lipinski definition) is 2. The van der Waals surface area contributed by atoms with Gasteiger partial charge >= 0.3 is 0 Å². The van der Waals surface area contributed by atoms with Crippen LogP contribution in [0.3, 0.4) is 0 Å². The molecule has 1 amide bonds. The molecule has 0 aliphatic heterocycles. The second-order valence-electron chi connectivity index (χ2n) is 4.87. The van der Waals surface area contributed by atoms with Crippen molar-refractivity contribution < 1.29 is 4.79 Å². The van der Waals surface area contributed by atoms with E-state index in [4.69, 9.17) is 0 Å². The van der Waals surface area contributed by atoms with E-state index in [0.717, 1.165) is 24.1 Å². The molecule has 0 aliphatic carbocycles. The van der Waals surface area contributed by atoms with Gasteiger partial charge in [-0.2, -0.15) is 4.99 Å². The van der Waals surface area contributed by atoms with Crippen molar-refractivity contribution in [3.05, 3.63) is 29.9 Å². The number of para-hydroxylation sites is 2. The SMILES string of the molecule is CCN(CC)CC(=O)N=c1n(C)c2ccccc2n1C. The lowest BCUT2D eigenvalue weighted by Crippen LogP contribution is -2.31. The standard InChI is InChI=1S/C15H22N4O/c1-5-19(6-2)11-14(20)16-15-17(3)12-9-7-8-10-13(12)18(15)4/h7-10H,5-6,11H2,1-4H3. The summed E-state index contributed by atoms with van der Waals surface area (Å²) in [6.45, 7) is 6.19. The van der Waals surface area contributed by atoms with Crippen LogP contribution >= 0.6 is 0 Å². The molecule has 0 bridgehead atoms. The van der Waals surface area contributed by atoms with Crippen LogP contribution in [0.5, 0.6) is 0 Å². The number of hydrogen-bond donors (Lipinski definition) is 0. The highest BCUT2D eigenvalue weighted by Gasteiger charge is 2.09. The highest BCUT2D eigenvalue weighted by atomic mass is 16.1. The molecular weight excluding hydrogens is 252 g/mol. The maximum atomic E-state index is 12.1. The first-order chi connectivity index (χ1) is 9.58. The van der Waals surface area contributed by atoms with E-state index in [1.54, 1.807) is 0 Å². The predicted molar refractivity (Wildman–Crippen MR) is 80.2 cm³/mol. The van der Waals surface area contributed by atoms with Gasteiger partial charge < -0.3 is 9.13 Å². The second kappa shape index (κ2) is 6.05. The number of likely N-dealkylation sites (N-methyl/N-ethyl adjacent to an activating group) is 1. The van der Waals surface area contributed by atoms with Crippen LogP contribution in [0.4, 0.5) is 0 Å². The molecule has 108 valence electrons. The smallest absolute Gasteiger partial charge is 0.263 e. The number of benzene rings is 1. The summed E-state index contributed by atoms with van der Waals surface area (Å²) in [5.41, 5.74) is 2.83. The maximum Gasteiger partial charge on any atom is 0.263 e. The summed E-state index contributed by atoms with van der Waals surface area (Å²) in [5, 5.41) is 0. The first kappa shape index (κ1) is 14.5. The molecule has 0 unspecified atom stereocenters. The van der Waals surface area contributed by atoms with Gasteiger partial charge in [0.1, 0.15) is 0 Å². The molecule has 5 heteroatoms. The Morgan fingerprint density at radius 2 is 1.60 bits per heavy atom. The van der Waals surface area contributed by atoms with Crippen molar-refractivity contribution >= 4 is 16.9 Å². The van der Waals surface area contributed by atoms with E-state index >= 15 is 0 Å². The fourth-order valence-corrected chi connectivity index (χ4v) is 2.41. The molecule has 0 aliphatic rings. The Labute approximate surface area is 119 Å². The minimum absolute atomic E-state index is 0.102. The van der Waals surface area contributed by atoms with Crippen LogP contribution in [0.1, 0.15) is 13.8 Å². The van der Waals surface area contributed by atoms with Crippen molar-refractivity contribution in [3.8, 4) is 0 Å². The number of aryl methyl sites for hydroxylation is 2. The lowest BCUT2D eigenvalue weighted by atomic mass is 10.3. The third-order valence-electron chi connectivity index (χ3n) is 3.68. The third-order valence-corrected chi connectivity index (χ3v) is 3.68. The second-order valence-corrected chi connectivity index (χ2v) is 4.87. The minimum Gasteiger partial charge on any atom is -0.313 e. The predicted octanol–water partition coefficient (Wildman–Crippen LogP) is 1.29. The van der Waals surface area contributed by atoms with Gasteiger partial charge in [-0.25, -0.2) is 0 Å². The zero-order valence-electron chi connectivity index (χ0n) is 12.6. The Bertz CT molecular complexity index is 635. The number of carbonyl (C=O) groups excluding carboxylic acids is 1. The Morgan fingerprint density at radius 3 is 2.05 bits per heavy atom. The molecule has 0 N–H and O–H groups in total. The number of carbonyl (C=O) groups is 1. The average Bonchev–Trinajstić information content (AvgIpc) is 2.70. The summed E-state index contributed by atoms with van der Waals surface area (Å²) in [5.74, 6) is -0.102. The first-order valence-electron chi connectivity index (χ1n) is 6.98. The molecule has 1 aromatic carbocycles. The molecule has 2 rings (SSSR count). The lowest BCUT2D eigenvalue weighted by Gasteiger charge is -2.14. The van der Waals surface area contributed by atoms with Crippen LogP contribution in [0.15, 0.2) is 29.3 Å². The maximum absolute atomic E-state index is 12.1. The highest BCUT2D eigenvalue weighted by molar-refractivity contribution is 5.80. The number of fused-ring (bicyclic) bond motifs is 1. The summed E-state index contributed by atoms with van der Waals surface area (Å²) in [4.78, 5) is 18.4. The Morgan fingerprint density at radius 1 is 1.10 bits per heavy atom. The van der Waals surface area contributed by atoms with Crippen LogP contribution < -0.4 is 5.62 Å². The van der Waals surface area contributed by atoms with Gasteiger partial charge in [0.25, 0.3) is 5.91 Å². The molecule has 0 saturated heterocycles. The summed E-state index contributed by atoms with van der Waals surface area (Å²) in [7, 11) is 3.87. The van der Waals surface area contributed by atoms with Crippen LogP contribution in [-0.2, 0) is 18.9 Å². The molecule has 0 fully saturated rings. The third kappa shape index (κ3) is 2.67. The number of imidazole rings is 1. The van der Waals surface area contributed by atoms with Gasteiger partial charge in [-0.3, -0.25) is 9.69 Å². The normalized spacial score (nSPS) is 11.2. The van der Waals surface area contributed by atoms with Crippen molar-refractivity contribution in [3.63, 3.8) is 0 Å². The summed E-state index contributed by atoms with van der Waals surface area (Å²) < 4.78 is 3.91. The largest absolute Gasteiger partial charge is 0.313 e. The molecule has 0 spiro atoms. The van der Waals surface area contributed by atoms with Crippen LogP contribution in [0, 0.1) is 0 Å². The van der Waals surface area contributed by atoms with Gasteiger partial charge in [0.2, 0.25) is 5.62 Å². The molecule has 1 heterocycles. The number of amides is 1. The van der Waals surface area contributed by atoms with Crippen molar-refractivity contribution in [1.82, 2.24) is 14.0 Å². The fourth-order valence-electron chi connectivity index (χ4n) is 2.41. The fraction of sp³-hybridized carbons (Fsp3) is 0.467. The molecule has 1 aromatic heterocycles.